The highest BCUT2D eigenvalue weighted by Crippen LogP contribution is 2.26. The molecule has 0 bridgehead atoms. The molecular formula is C17H23N3O4. The highest BCUT2D eigenvalue weighted by molar-refractivity contribution is 5.95. The first-order chi connectivity index (χ1) is 11.3. The third kappa shape index (κ3) is 4.97. The first-order valence-electron chi connectivity index (χ1n) is 8.06. The molecule has 1 aliphatic rings. The van der Waals surface area contributed by atoms with E-state index in [-0.39, 0.29) is 29.9 Å². The van der Waals surface area contributed by atoms with Crippen LogP contribution in [0.3, 0.4) is 0 Å². The van der Waals surface area contributed by atoms with E-state index in [2.05, 4.69) is 16.0 Å². The van der Waals surface area contributed by atoms with Gasteiger partial charge in [-0.1, -0.05) is 0 Å². The molecule has 1 fully saturated rings. The van der Waals surface area contributed by atoms with Gasteiger partial charge in [0.25, 0.3) is 5.91 Å². The highest BCUT2D eigenvalue weighted by atomic mass is 16.4. The summed E-state index contributed by atoms with van der Waals surface area (Å²) >= 11 is 0. The van der Waals surface area contributed by atoms with Gasteiger partial charge in [-0.15, -0.1) is 0 Å². The van der Waals surface area contributed by atoms with Crippen molar-refractivity contribution in [2.75, 3.05) is 5.32 Å². The Balaban J connectivity index is 1.87. The van der Waals surface area contributed by atoms with Crippen molar-refractivity contribution in [3.05, 3.63) is 29.8 Å². The van der Waals surface area contributed by atoms with E-state index in [0.29, 0.717) is 30.5 Å². The Morgan fingerprint density at radius 3 is 2.33 bits per heavy atom. The molecular weight excluding hydrogens is 310 g/mol. The van der Waals surface area contributed by atoms with Gasteiger partial charge in [0.05, 0.1) is 5.92 Å². The molecule has 2 atom stereocenters. The lowest BCUT2D eigenvalue weighted by Gasteiger charge is -2.13. The van der Waals surface area contributed by atoms with Crippen molar-refractivity contribution in [2.45, 2.75) is 45.2 Å². The average molecular weight is 333 g/mol. The van der Waals surface area contributed by atoms with E-state index in [4.69, 9.17) is 5.11 Å². The molecule has 0 radical (unpaired) electrons. The summed E-state index contributed by atoms with van der Waals surface area (Å²) in [5.41, 5.74) is 1.07. The van der Waals surface area contributed by atoms with E-state index < -0.39 is 5.97 Å². The zero-order chi connectivity index (χ0) is 17.7. The third-order valence-electron chi connectivity index (χ3n) is 3.94. The van der Waals surface area contributed by atoms with E-state index >= 15 is 0 Å². The topological polar surface area (TPSA) is 108 Å². The van der Waals surface area contributed by atoms with Crippen LogP contribution in [0, 0.1) is 5.92 Å². The van der Waals surface area contributed by atoms with Gasteiger partial charge in [-0.25, -0.2) is 4.79 Å². The summed E-state index contributed by atoms with van der Waals surface area (Å²) in [6.07, 6.45) is 1.74. The van der Waals surface area contributed by atoms with Gasteiger partial charge in [0.1, 0.15) is 0 Å². The Bertz CT molecular complexity index is 613. The van der Waals surface area contributed by atoms with Crippen molar-refractivity contribution in [1.82, 2.24) is 10.6 Å². The molecule has 1 aromatic rings. The third-order valence-corrected chi connectivity index (χ3v) is 3.94. The van der Waals surface area contributed by atoms with E-state index in [1.807, 2.05) is 13.8 Å². The van der Waals surface area contributed by atoms with Crippen LogP contribution >= 0.6 is 0 Å². The molecule has 0 saturated heterocycles. The number of carbonyl (C=O) groups excluding carboxylic acids is 2. The predicted octanol–water partition coefficient (Wildman–Crippen LogP) is 2.20. The molecule has 1 aromatic carbocycles. The number of anilines is 1. The van der Waals surface area contributed by atoms with Crippen LogP contribution in [0.4, 0.5) is 10.5 Å². The predicted molar refractivity (Wildman–Crippen MR) is 90.0 cm³/mol. The van der Waals surface area contributed by atoms with Crippen LogP contribution in [-0.4, -0.2) is 35.1 Å². The minimum absolute atomic E-state index is 0.0380. The molecule has 0 spiro atoms. The van der Waals surface area contributed by atoms with E-state index in [9.17, 15) is 14.4 Å². The lowest BCUT2D eigenvalue weighted by molar-refractivity contribution is -0.141. The zero-order valence-corrected chi connectivity index (χ0v) is 13.8. The highest BCUT2D eigenvalue weighted by Gasteiger charge is 2.30. The number of carboxylic acids is 1. The molecule has 0 aromatic heterocycles. The van der Waals surface area contributed by atoms with Gasteiger partial charge < -0.3 is 21.1 Å². The molecule has 3 amide bonds. The normalized spacial score (nSPS) is 19.8. The number of hydrogen-bond acceptors (Lipinski definition) is 3. The molecule has 7 nitrogen and oxygen atoms in total. The molecule has 24 heavy (non-hydrogen) atoms. The largest absolute Gasteiger partial charge is 0.481 e. The average Bonchev–Trinajstić information content (AvgIpc) is 2.95. The second kappa shape index (κ2) is 7.81. The Morgan fingerprint density at radius 1 is 1.12 bits per heavy atom. The van der Waals surface area contributed by atoms with E-state index in [1.165, 1.54) is 0 Å². The van der Waals surface area contributed by atoms with Crippen molar-refractivity contribution in [1.29, 1.82) is 0 Å². The molecule has 0 heterocycles. The van der Waals surface area contributed by atoms with Crippen molar-refractivity contribution in [3.63, 3.8) is 0 Å². The van der Waals surface area contributed by atoms with Crippen molar-refractivity contribution < 1.29 is 19.5 Å². The Labute approximate surface area is 140 Å². The van der Waals surface area contributed by atoms with Gasteiger partial charge in [0.15, 0.2) is 0 Å². The van der Waals surface area contributed by atoms with Gasteiger partial charge in [-0.05, 0) is 57.4 Å². The minimum Gasteiger partial charge on any atom is -0.481 e. The smallest absolute Gasteiger partial charge is 0.319 e. The number of hydrogen-bond donors (Lipinski definition) is 4. The van der Waals surface area contributed by atoms with Crippen LogP contribution in [0.5, 0.6) is 0 Å². The molecule has 7 heteroatoms. The fraction of sp³-hybridized carbons (Fsp3) is 0.471. The number of rotatable bonds is 5. The number of amides is 3. The number of nitrogens with one attached hydrogen (secondary N) is 3. The summed E-state index contributed by atoms with van der Waals surface area (Å²) in [5.74, 6) is -1.41. The standard InChI is InChI=1S/C17H23N3O4/c1-10(2)18-17(24)20-13-6-3-11(4-7-13)15(21)19-14-8-5-12(9-14)16(22)23/h3-4,6-7,10,12,14H,5,8-9H2,1-2H3,(H,19,21)(H,22,23)(H2,18,20,24)/t12-,14+/m1/s1. The summed E-state index contributed by atoms with van der Waals surface area (Å²) in [4.78, 5) is 34.7. The molecule has 2 rings (SSSR count). The van der Waals surface area contributed by atoms with Crippen molar-refractivity contribution in [2.24, 2.45) is 5.92 Å². The first kappa shape index (κ1) is 17.8. The summed E-state index contributed by atoms with van der Waals surface area (Å²) < 4.78 is 0. The fourth-order valence-electron chi connectivity index (χ4n) is 2.74. The van der Waals surface area contributed by atoms with Gasteiger partial charge in [0, 0.05) is 23.3 Å². The maximum absolute atomic E-state index is 12.2. The fourth-order valence-corrected chi connectivity index (χ4v) is 2.74. The maximum Gasteiger partial charge on any atom is 0.319 e. The molecule has 1 aliphatic carbocycles. The summed E-state index contributed by atoms with van der Waals surface area (Å²) in [6, 6.07) is 6.21. The van der Waals surface area contributed by atoms with Crippen molar-refractivity contribution in [3.8, 4) is 0 Å². The van der Waals surface area contributed by atoms with Gasteiger partial charge in [-0.3, -0.25) is 9.59 Å². The molecule has 0 unspecified atom stereocenters. The quantitative estimate of drug-likeness (QED) is 0.662. The lowest BCUT2D eigenvalue weighted by Crippen LogP contribution is -2.34. The van der Waals surface area contributed by atoms with Crippen LogP contribution in [0.2, 0.25) is 0 Å². The number of carboxylic acid groups (broad SMARTS) is 1. The lowest BCUT2D eigenvalue weighted by atomic mass is 10.1. The van der Waals surface area contributed by atoms with E-state index in [1.54, 1.807) is 24.3 Å². The SMILES string of the molecule is CC(C)NC(=O)Nc1ccc(C(=O)N[C@H]2CC[C@@H](C(=O)O)C2)cc1. The van der Waals surface area contributed by atoms with Crippen molar-refractivity contribution >= 4 is 23.6 Å². The molecule has 0 aliphatic heterocycles. The number of urea groups is 1. The molecule has 1 saturated carbocycles. The summed E-state index contributed by atoms with van der Waals surface area (Å²) in [6.45, 7) is 3.73. The Kier molecular flexibility index (Phi) is 5.78. The van der Waals surface area contributed by atoms with Crippen LogP contribution < -0.4 is 16.0 Å². The van der Waals surface area contributed by atoms with E-state index in [0.717, 1.165) is 0 Å². The Hall–Kier alpha value is -2.57. The van der Waals surface area contributed by atoms with Gasteiger partial charge >= 0.3 is 12.0 Å². The number of benzene rings is 1. The second-order valence-electron chi connectivity index (χ2n) is 6.35. The van der Waals surface area contributed by atoms with Crippen LogP contribution in [0.1, 0.15) is 43.5 Å². The molecule has 4 N–H and O–H groups in total. The maximum atomic E-state index is 12.2. The Morgan fingerprint density at radius 2 is 1.79 bits per heavy atom. The van der Waals surface area contributed by atoms with Crippen LogP contribution in [-0.2, 0) is 4.79 Å². The number of carbonyl (C=O) groups is 3. The zero-order valence-electron chi connectivity index (χ0n) is 13.8. The number of aliphatic carboxylic acids is 1. The summed E-state index contributed by atoms with van der Waals surface area (Å²) in [7, 11) is 0. The van der Waals surface area contributed by atoms with Crippen LogP contribution in [0.15, 0.2) is 24.3 Å². The monoisotopic (exact) mass is 333 g/mol. The van der Waals surface area contributed by atoms with Gasteiger partial charge in [0.2, 0.25) is 0 Å². The van der Waals surface area contributed by atoms with Gasteiger partial charge in [-0.2, -0.15) is 0 Å². The minimum atomic E-state index is -0.804. The second-order valence-corrected chi connectivity index (χ2v) is 6.35. The molecule has 130 valence electrons. The summed E-state index contributed by atoms with van der Waals surface area (Å²) in [5, 5.41) is 17.2. The first-order valence-corrected chi connectivity index (χ1v) is 8.06. The van der Waals surface area contributed by atoms with Crippen LogP contribution in [0.25, 0.3) is 0 Å².